The van der Waals surface area contributed by atoms with Crippen LogP contribution in [0.15, 0.2) is 47.8 Å². The molecule has 8 nitrogen and oxygen atoms in total. The van der Waals surface area contributed by atoms with E-state index in [0.29, 0.717) is 11.1 Å². The normalized spacial score (nSPS) is 11.0. The first-order valence-corrected chi connectivity index (χ1v) is 7.13. The van der Waals surface area contributed by atoms with E-state index in [2.05, 4.69) is 20.5 Å². The fraction of sp³-hybridized carbons (Fsp3) is 0. The van der Waals surface area contributed by atoms with Crippen molar-refractivity contribution >= 4 is 40.4 Å². The zero-order valence-corrected chi connectivity index (χ0v) is 12.8. The van der Waals surface area contributed by atoms with Gasteiger partial charge >= 0.3 is 0 Å². The van der Waals surface area contributed by atoms with E-state index in [1.807, 2.05) is 0 Å². The highest BCUT2D eigenvalue weighted by molar-refractivity contribution is 6.32. The number of aromatic amines is 1. The number of rotatable bonds is 4. The molecule has 0 saturated heterocycles. The van der Waals surface area contributed by atoms with E-state index in [9.17, 15) is 14.9 Å². The summed E-state index contributed by atoms with van der Waals surface area (Å²) in [4.78, 5) is 29.3. The first kappa shape index (κ1) is 15.6. The molecule has 9 heteroatoms. The standard InChI is InChI=1S/C15H10ClN5O3/c16-11-3-1-9(5-14(11)21(23)24)7-19-20-15(22)10-2-4-12-13(6-10)18-8-17-12/h1-8H,(H,17,18)(H,20,22)/b19-7+. The Morgan fingerprint density at radius 1 is 1.33 bits per heavy atom. The van der Waals surface area contributed by atoms with Gasteiger partial charge in [0.1, 0.15) is 5.02 Å². The Balaban J connectivity index is 1.72. The fourth-order valence-electron chi connectivity index (χ4n) is 2.06. The van der Waals surface area contributed by atoms with Crippen LogP contribution in [-0.4, -0.2) is 27.0 Å². The van der Waals surface area contributed by atoms with E-state index in [0.717, 1.165) is 11.0 Å². The number of amides is 1. The summed E-state index contributed by atoms with van der Waals surface area (Å²) in [6.07, 6.45) is 2.84. The van der Waals surface area contributed by atoms with Gasteiger partial charge in [-0.1, -0.05) is 17.7 Å². The predicted molar refractivity (Wildman–Crippen MR) is 89.3 cm³/mol. The first-order chi connectivity index (χ1) is 11.5. The van der Waals surface area contributed by atoms with Gasteiger partial charge in [0.25, 0.3) is 11.6 Å². The van der Waals surface area contributed by atoms with Crippen molar-refractivity contribution in [3.63, 3.8) is 0 Å². The largest absolute Gasteiger partial charge is 0.345 e. The summed E-state index contributed by atoms with van der Waals surface area (Å²) in [6, 6.07) is 9.22. The number of hydrogen-bond donors (Lipinski definition) is 2. The van der Waals surface area contributed by atoms with E-state index in [1.165, 1.54) is 24.7 Å². The zero-order valence-electron chi connectivity index (χ0n) is 12.1. The molecule has 0 radical (unpaired) electrons. The molecule has 1 aromatic heterocycles. The number of fused-ring (bicyclic) bond motifs is 1. The number of aromatic nitrogens is 2. The van der Waals surface area contributed by atoms with Crippen LogP contribution in [0.3, 0.4) is 0 Å². The first-order valence-electron chi connectivity index (χ1n) is 6.75. The number of carbonyl (C=O) groups is 1. The van der Waals surface area contributed by atoms with Crippen LogP contribution in [0.5, 0.6) is 0 Å². The van der Waals surface area contributed by atoms with Crippen molar-refractivity contribution in [2.75, 3.05) is 0 Å². The van der Waals surface area contributed by atoms with Crippen molar-refractivity contribution in [1.82, 2.24) is 15.4 Å². The molecule has 0 aliphatic rings. The van der Waals surface area contributed by atoms with Gasteiger partial charge < -0.3 is 4.98 Å². The predicted octanol–water partition coefficient (Wildman–Crippen LogP) is 2.89. The van der Waals surface area contributed by atoms with Gasteiger partial charge in [0, 0.05) is 17.2 Å². The maximum absolute atomic E-state index is 12.0. The molecule has 3 aromatic rings. The van der Waals surface area contributed by atoms with Crippen LogP contribution >= 0.6 is 11.6 Å². The fourth-order valence-corrected chi connectivity index (χ4v) is 2.24. The van der Waals surface area contributed by atoms with Crippen molar-refractivity contribution in [3.05, 3.63) is 69.0 Å². The van der Waals surface area contributed by atoms with Crippen molar-refractivity contribution in [2.24, 2.45) is 5.10 Å². The molecular weight excluding hydrogens is 334 g/mol. The van der Waals surface area contributed by atoms with Gasteiger partial charge in [0.2, 0.25) is 0 Å². The second-order valence-corrected chi connectivity index (χ2v) is 5.21. The number of halogens is 1. The molecule has 1 heterocycles. The number of H-pyrrole nitrogens is 1. The van der Waals surface area contributed by atoms with Gasteiger partial charge in [-0.2, -0.15) is 5.10 Å². The Morgan fingerprint density at radius 2 is 2.17 bits per heavy atom. The minimum Gasteiger partial charge on any atom is -0.345 e. The topological polar surface area (TPSA) is 113 Å². The average molecular weight is 344 g/mol. The maximum Gasteiger partial charge on any atom is 0.288 e. The van der Waals surface area contributed by atoms with Gasteiger partial charge in [-0.3, -0.25) is 14.9 Å². The van der Waals surface area contributed by atoms with E-state index < -0.39 is 10.8 Å². The van der Waals surface area contributed by atoms with Gasteiger partial charge in [0.05, 0.1) is 28.5 Å². The summed E-state index contributed by atoms with van der Waals surface area (Å²) < 4.78 is 0. The summed E-state index contributed by atoms with van der Waals surface area (Å²) in [5, 5.41) is 14.7. The molecule has 3 rings (SSSR count). The van der Waals surface area contributed by atoms with Crippen LogP contribution in [0.1, 0.15) is 15.9 Å². The van der Waals surface area contributed by atoms with Crippen LogP contribution in [0.4, 0.5) is 5.69 Å². The monoisotopic (exact) mass is 343 g/mol. The van der Waals surface area contributed by atoms with Crippen molar-refractivity contribution in [2.45, 2.75) is 0 Å². The molecule has 24 heavy (non-hydrogen) atoms. The lowest BCUT2D eigenvalue weighted by Crippen LogP contribution is -2.17. The molecule has 0 atom stereocenters. The number of imidazole rings is 1. The maximum atomic E-state index is 12.0. The van der Waals surface area contributed by atoms with Crippen LogP contribution in [0.2, 0.25) is 5.02 Å². The van der Waals surface area contributed by atoms with Crippen LogP contribution in [0.25, 0.3) is 11.0 Å². The summed E-state index contributed by atoms with van der Waals surface area (Å²) in [5.74, 6) is -0.411. The van der Waals surface area contributed by atoms with E-state index in [-0.39, 0.29) is 10.7 Å². The van der Waals surface area contributed by atoms with E-state index in [1.54, 1.807) is 24.3 Å². The summed E-state index contributed by atoms with van der Waals surface area (Å²) in [7, 11) is 0. The number of carbonyl (C=O) groups excluding carboxylic acids is 1. The highest BCUT2D eigenvalue weighted by atomic mass is 35.5. The molecule has 0 aliphatic heterocycles. The number of nitro groups is 1. The Bertz CT molecular complexity index is 967. The van der Waals surface area contributed by atoms with Crippen LogP contribution in [-0.2, 0) is 0 Å². The Kier molecular flexibility index (Phi) is 4.21. The summed E-state index contributed by atoms with van der Waals surface area (Å²) in [6.45, 7) is 0. The van der Waals surface area contributed by atoms with Gasteiger partial charge in [0.15, 0.2) is 0 Å². The van der Waals surface area contributed by atoms with Gasteiger partial charge in [-0.05, 0) is 24.3 Å². The highest BCUT2D eigenvalue weighted by Gasteiger charge is 2.12. The lowest BCUT2D eigenvalue weighted by atomic mass is 10.2. The third kappa shape index (κ3) is 3.23. The Hall–Kier alpha value is -3.26. The quantitative estimate of drug-likeness (QED) is 0.430. The number of nitrogens with zero attached hydrogens (tertiary/aromatic N) is 3. The Morgan fingerprint density at radius 3 is 2.96 bits per heavy atom. The van der Waals surface area contributed by atoms with Gasteiger partial charge in [-0.25, -0.2) is 10.4 Å². The number of nitro benzene ring substituents is 1. The number of hydrazone groups is 1. The molecule has 1 amide bonds. The molecule has 0 unspecified atom stereocenters. The number of benzene rings is 2. The Labute approximate surface area is 140 Å². The molecular formula is C15H10ClN5O3. The van der Waals surface area contributed by atoms with Crippen LogP contribution < -0.4 is 5.43 Å². The van der Waals surface area contributed by atoms with Crippen molar-refractivity contribution in [3.8, 4) is 0 Å². The van der Waals surface area contributed by atoms with Crippen molar-refractivity contribution < 1.29 is 9.72 Å². The minimum absolute atomic E-state index is 0.0362. The number of nitrogens with one attached hydrogen (secondary N) is 2. The molecule has 0 aliphatic carbocycles. The second-order valence-electron chi connectivity index (χ2n) is 4.80. The zero-order chi connectivity index (χ0) is 17.1. The third-order valence-corrected chi connectivity index (χ3v) is 3.55. The third-order valence-electron chi connectivity index (χ3n) is 3.23. The van der Waals surface area contributed by atoms with Gasteiger partial charge in [-0.15, -0.1) is 0 Å². The molecule has 2 N–H and O–H groups in total. The highest BCUT2D eigenvalue weighted by Crippen LogP contribution is 2.24. The smallest absolute Gasteiger partial charge is 0.288 e. The van der Waals surface area contributed by atoms with Crippen LogP contribution in [0, 0.1) is 10.1 Å². The van der Waals surface area contributed by atoms with E-state index >= 15 is 0 Å². The summed E-state index contributed by atoms with van der Waals surface area (Å²) in [5.41, 5.74) is 4.47. The molecule has 0 fully saturated rings. The molecule has 0 saturated carbocycles. The summed E-state index contributed by atoms with van der Waals surface area (Å²) >= 11 is 5.73. The van der Waals surface area contributed by atoms with E-state index in [4.69, 9.17) is 11.6 Å². The lowest BCUT2D eigenvalue weighted by Gasteiger charge is -2.00. The molecule has 0 bridgehead atoms. The molecule has 120 valence electrons. The second kappa shape index (κ2) is 6.47. The SMILES string of the molecule is O=C(N/N=C/c1ccc(Cl)c([N+](=O)[O-])c1)c1ccc2nc[nH]c2c1. The minimum atomic E-state index is -0.585. The van der Waals surface area contributed by atoms with Crippen molar-refractivity contribution in [1.29, 1.82) is 0 Å². The number of hydrogen-bond acceptors (Lipinski definition) is 5. The molecule has 0 spiro atoms. The average Bonchev–Trinajstić information content (AvgIpc) is 3.03. The molecule has 2 aromatic carbocycles. The lowest BCUT2D eigenvalue weighted by molar-refractivity contribution is -0.384.